The van der Waals surface area contributed by atoms with E-state index in [0.29, 0.717) is 12.0 Å². The van der Waals surface area contributed by atoms with E-state index in [-0.39, 0.29) is 0 Å². The summed E-state index contributed by atoms with van der Waals surface area (Å²) in [6.07, 6.45) is 4.64. The Bertz CT molecular complexity index is 340. The van der Waals surface area contributed by atoms with Gasteiger partial charge in [0.2, 0.25) is 0 Å². The monoisotopic (exact) mass is 234 g/mol. The van der Waals surface area contributed by atoms with Gasteiger partial charge in [0.25, 0.3) is 0 Å². The number of pyridine rings is 1. The standard InChI is InChI=1S/C14H22N2O/c1-11(2)12-4-5-14(15-10-12)16-8-6-13(17-3)7-9-16/h4-5,10-11,13H,6-9H2,1-3H3. The van der Waals surface area contributed by atoms with Crippen molar-refractivity contribution in [3.63, 3.8) is 0 Å². The number of aromatic nitrogens is 1. The minimum Gasteiger partial charge on any atom is -0.381 e. The molecule has 0 spiro atoms. The van der Waals surface area contributed by atoms with Crippen molar-refractivity contribution in [2.45, 2.75) is 38.7 Å². The van der Waals surface area contributed by atoms with E-state index in [9.17, 15) is 0 Å². The summed E-state index contributed by atoms with van der Waals surface area (Å²) in [4.78, 5) is 6.91. The zero-order valence-electron chi connectivity index (χ0n) is 11.0. The molecule has 1 aromatic heterocycles. The number of methoxy groups -OCH3 is 1. The van der Waals surface area contributed by atoms with Crippen LogP contribution in [0, 0.1) is 0 Å². The highest BCUT2D eigenvalue weighted by atomic mass is 16.5. The van der Waals surface area contributed by atoms with Crippen LogP contribution in [0.2, 0.25) is 0 Å². The molecule has 0 amide bonds. The lowest BCUT2D eigenvalue weighted by molar-refractivity contribution is 0.0818. The molecule has 0 aliphatic carbocycles. The Hall–Kier alpha value is -1.09. The first-order valence-electron chi connectivity index (χ1n) is 6.44. The summed E-state index contributed by atoms with van der Waals surface area (Å²) in [6.45, 7) is 6.49. The maximum atomic E-state index is 5.38. The third kappa shape index (κ3) is 2.97. The number of nitrogens with zero attached hydrogens (tertiary/aromatic N) is 2. The molecule has 1 aliphatic heterocycles. The number of piperidine rings is 1. The second kappa shape index (κ2) is 5.50. The van der Waals surface area contributed by atoms with Crippen LogP contribution in [-0.4, -0.2) is 31.3 Å². The van der Waals surface area contributed by atoms with Gasteiger partial charge in [-0.2, -0.15) is 0 Å². The third-order valence-corrected chi connectivity index (χ3v) is 3.54. The van der Waals surface area contributed by atoms with Gasteiger partial charge < -0.3 is 9.64 Å². The van der Waals surface area contributed by atoms with Crippen LogP contribution in [-0.2, 0) is 4.74 Å². The minimum absolute atomic E-state index is 0.432. The van der Waals surface area contributed by atoms with Crippen LogP contribution in [0.5, 0.6) is 0 Å². The van der Waals surface area contributed by atoms with Gasteiger partial charge in [0.15, 0.2) is 0 Å². The van der Waals surface area contributed by atoms with Gasteiger partial charge in [0.1, 0.15) is 5.82 Å². The van der Waals surface area contributed by atoms with Crippen molar-refractivity contribution < 1.29 is 4.74 Å². The molecule has 0 bridgehead atoms. The van der Waals surface area contributed by atoms with Crippen molar-refractivity contribution in [3.8, 4) is 0 Å². The third-order valence-electron chi connectivity index (χ3n) is 3.54. The molecule has 0 unspecified atom stereocenters. The first kappa shape index (κ1) is 12.4. The van der Waals surface area contributed by atoms with E-state index in [1.807, 2.05) is 6.20 Å². The fourth-order valence-electron chi connectivity index (χ4n) is 2.25. The molecule has 1 saturated heterocycles. The summed E-state index contributed by atoms with van der Waals surface area (Å²) in [5.74, 6) is 1.65. The smallest absolute Gasteiger partial charge is 0.128 e. The molecule has 2 heterocycles. The van der Waals surface area contributed by atoms with Crippen molar-refractivity contribution in [2.75, 3.05) is 25.1 Å². The highest BCUT2D eigenvalue weighted by molar-refractivity contribution is 5.40. The summed E-state index contributed by atoms with van der Waals surface area (Å²) >= 11 is 0. The molecule has 1 aromatic rings. The fraction of sp³-hybridized carbons (Fsp3) is 0.643. The second-order valence-electron chi connectivity index (χ2n) is 5.03. The fourth-order valence-corrected chi connectivity index (χ4v) is 2.25. The van der Waals surface area contributed by atoms with Crippen molar-refractivity contribution in [1.29, 1.82) is 0 Å². The lowest BCUT2D eigenvalue weighted by atomic mass is 10.1. The first-order valence-corrected chi connectivity index (χ1v) is 6.44. The molecule has 1 fully saturated rings. The topological polar surface area (TPSA) is 25.4 Å². The van der Waals surface area contributed by atoms with Gasteiger partial charge in [-0.15, -0.1) is 0 Å². The molecule has 0 saturated carbocycles. The van der Waals surface area contributed by atoms with Crippen LogP contribution < -0.4 is 4.90 Å². The zero-order valence-corrected chi connectivity index (χ0v) is 11.0. The molecule has 0 aromatic carbocycles. The number of hydrogen-bond acceptors (Lipinski definition) is 3. The SMILES string of the molecule is COC1CCN(c2ccc(C(C)C)cn2)CC1. The average Bonchev–Trinajstić information content (AvgIpc) is 2.39. The van der Waals surface area contributed by atoms with Crippen LogP contribution >= 0.6 is 0 Å². The molecule has 3 nitrogen and oxygen atoms in total. The molecular formula is C14H22N2O. The second-order valence-corrected chi connectivity index (χ2v) is 5.03. The van der Waals surface area contributed by atoms with Gasteiger partial charge in [0, 0.05) is 26.4 Å². The molecule has 17 heavy (non-hydrogen) atoms. The highest BCUT2D eigenvalue weighted by Gasteiger charge is 2.19. The Balaban J connectivity index is 1.99. The molecule has 1 aliphatic rings. The number of anilines is 1. The number of hydrogen-bond donors (Lipinski definition) is 0. The van der Waals surface area contributed by atoms with Gasteiger partial charge in [-0.05, 0) is 30.4 Å². The van der Waals surface area contributed by atoms with Gasteiger partial charge in [0.05, 0.1) is 6.10 Å². The van der Waals surface area contributed by atoms with E-state index < -0.39 is 0 Å². The Kier molecular flexibility index (Phi) is 4.00. The predicted molar refractivity (Wildman–Crippen MR) is 70.6 cm³/mol. The average molecular weight is 234 g/mol. The van der Waals surface area contributed by atoms with Crippen molar-refractivity contribution in [3.05, 3.63) is 23.9 Å². The van der Waals surface area contributed by atoms with Crippen molar-refractivity contribution in [2.24, 2.45) is 0 Å². The Morgan fingerprint density at radius 2 is 2.00 bits per heavy atom. The Morgan fingerprint density at radius 1 is 1.29 bits per heavy atom. The largest absolute Gasteiger partial charge is 0.381 e. The molecular weight excluding hydrogens is 212 g/mol. The van der Waals surface area contributed by atoms with Crippen LogP contribution in [0.4, 0.5) is 5.82 Å². The molecule has 0 N–H and O–H groups in total. The first-order chi connectivity index (χ1) is 8.20. The van der Waals surface area contributed by atoms with E-state index in [4.69, 9.17) is 4.74 Å². The van der Waals surface area contributed by atoms with E-state index >= 15 is 0 Å². The van der Waals surface area contributed by atoms with Crippen molar-refractivity contribution in [1.82, 2.24) is 4.98 Å². The zero-order chi connectivity index (χ0) is 12.3. The van der Waals surface area contributed by atoms with Crippen LogP contribution in [0.3, 0.4) is 0 Å². The number of rotatable bonds is 3. The maximum absolute atomic E-state index is 5.38. The number of ether oxygens (including phenoxy) is 1. The van der Waals surface area contributed by atoms with E-state index in [0.717, 1.165) is 31.7 Å². The van der Waals surface area contributed by atoms with Gasteiger partial charge in [-0.25, -0.2) is 4.98 Å². The summed E-state index contributed by atoms with van der Waals surface area (Å²) < 4.78 is 5.38. The van der Waals surface area contributed by atoms with E-state index in [2.05, 4.69) is 35.9 Å². The van der Waals surface area contributed by atoms with Crippen LogP contribution in [0.1, 0.15) is 38.2 Å². The Labute approximate surface area is 104 Å². The lowest BCUT2D eigenvalue weighted by Gasteiger charge is -2.32. The summed E-state index contributed by atoms with van der Waals surface area (Å²) in [6, 6.07) is 4.33. The minimum atomic E-state index is 0.432. The van der Waals surface area contributed by atoms with Gasteiger partial charge in [-0.1, -0.05) is 19.9 Å². The molecule has 0 atom stereocenters. The van der Waals surface area contributed by atoms with Gasteiger partial charge >= 0.3 is 0 Å². The molecule has 3 heteroatoms. The maximum Gasteiger partial charge on any atom is 0.128 e. The van der Waals surface area contributed by atoms with Crippen LogP contribution in [0.25, 0.3) is 0 Å². The van der Waals surface area contributed by atoms with E-state index in [1.165, 1.54) is 5.56 Å². The Morgan fingerprint density at radius 3 is 2.47 bits per heavy atom. The summed E-state index contributed by atoms with van der Waals surface area (Å²) in [7, 11) is 1.80. The quantitative estimate of drug-likeness (QED) is 0.804. The highest BCUT2D eigenvalue weighted by Crippen LogP contribution is 2.21. The van der Waals surface area contributed by atoms with E-state index in [1.54, 1.807) is 7.11 Å². The normalized spacial score (nSPS) is 17.8. The molecule has 94 valence electrons. The molecule has 2 rings (SSSR count). The van der Waals surface area contributed by atoms with Crippen LogP contribution in [0.15, 0.2) is 18.3 Å². The summed E-state index contributed by atoms with van der Waals surface area (Å²) in [5.41, 5.74) is 1.31. The summed E-state index contributed by atoms with van der Waals surface area (Å²) in [5, 5.41) is 0. The molecule has 0 radical (unpaired) electrons. The predicted octanol–water partition coefficient (Wildman–Crippen LogP) is 2.82. The lowest BCUT2D eigenvalue weighted by Crippen LogP contribution is -2.37. The van der Waals surface area contributed by atoms with Gasteiger partial charge in [-0.3, -0.25) is 0 Å². The van der Waals surface area contributed by atoms with Crippen molar-refractivity contribution >= 4 is 5.82 Å².